The van der Waals surface area contributed by atoms with E-state index < -0.39 is 0 Å². The molecule has 0 aliphatic carbocycles. The van der Waals surface area contributed by atoms with Crippen LogP contribution in [0.4, 0.5) is 0 Å². The average molecular weight is 347 g/mol. The topological polar surface area (TPSA) is 44.5 Å². The standard InChI is InChI=1S/C23H25NO2/c1-25-23-14-9-18(6-5-15-24)16-21(23)17-26-22-12-10-20(11-13-22)19-7-3-2-4-8-19/h2-4,7-14,16H,5-6,15,17,24H2,1H3. The summed E-state index contributed by atoms with van der Waals surface area (Å²) < 4.78 is 11.4. The van der Waals surface area contributed by atoms with Gasteiger partial charge in [0.2, 0.25) is 0 Å². The molecule has 0 amide bonds. The van der Waals surface area contributed by atoms with Gasteiger partial charge in [0.25, 0.3) is 0 Å². The Balaban J connectivity index is 1.68. The van der Waals surface area contributed by atoms with Gasteiger partial charge in [-0.25, -0.2) is 0 Å². The minimum atomic E-state index is 0.477. The van der Waals surface area contributed by atoms with Crippen molar-refractivity contribution in [3.8, 4) is 22.6 Å². The summed E-state index contributed by atoms with van der Waals surface area (Å²) in [7, 11) is 1.69. The first-order chi connectivity index (χ1) is 12.8. The first-order valence-corrected chi connectivity index (χ1v) is 8.94. The van der Waals surface area contributed by atoms with E-state index in [0.717, 1.165) is 29.9 Å². The molecule has 0 heterocycles. The molecule has 0 aliphatic heterocycles. The summed E-state index contributed by atoms with van der Waals surface area (Å²) in [6, 6.07) is 24.7. The van der Waals surface area contributed by atoms with Gasteiger partial charge in [0, 0.05) is 5.56 Å². The zero-order valence-corrected chi connectivity index (χ0v) is 15.2. The summed E-state index contributed by atoms with van der Waals surface area (Å²) in [5.74, 6) is 1.70. The molecule has 26 heavy (non-hydrogen) atoms. The van der Waals surface area contributed by atoms with Crippen molar-refractivity contribution in [3.05, 3.63) is 83.9 Å². The van der Waals surface area contributed by atoms with E-state index >= 15 is 0 Å². The first kappa shape index (κ1) is 18.0. The molecule has 0 saturated carbocycles. The van der Waals surface area contributed by atoms with Gasteiger partial charge in [-0.3, -0.25) is 0 Å². The molecular weight excluding hydrogens is 322 g/mol. The normalized spacial score (nSPS) is 10.5. The highest BCUT2D eigenvalue weighted by Gasteiger charge is 2.06. The van der Waals surface area contributed by atoms with Crippen molar-refractivity contribution in [1.82, 2.24) is 0 Å². The van der Waals surface area contributed by atoms with Crippen LogP contribution in [0.2, 0.25) is 0 Å². The van der Waals surface area contributed by atoms with Crippen LogP contribution in [-0.2, 0) is 13.0 Å². The molecule has 3 nitrogen and oxygen atoms in total. The molecular formula is C23H25NO2. The van der Waals surface area contributed by atoms with Gasteiger partial charge in [0.05, 0.1) is 7.11 Å². The van der Waals surface area contributed by atoms with E-state index in [1.807, 2.05) is 36.4 Å². The number of benzene rings is 3. The van der Waals surface area contributed by atoms with Gasteiger partial charge in [-0.15, -0.1) is 0 Å². The lowest BCUT2D eigenvalue weighted by molar-refractivity contribution is 0.296. The van der Waals surface area contributed by atoms with Crippen molar-refractivity contribution < 1.29 is 9.47 Å². The van der Waals surface area contributed by atoms with Crippen molar-refractivity contribution in [2.75, 3.05) is 13.7 Å². The molecule has 3 aromatic rings. The monoisotopic (exact) mass is 347 g/mol. The molecule has 3 rings (SSSR count). The second-order valence-electron chi connectivity index (χ2n) is 6.22. The minimum Gasteiger partial charge on any atom is -0.496 e. The van der Waals surface area contributed by atoms with Crippen LogP contribution in [0, 0.1) is 0 Å². The molecule has 0 atom stereocenters. The SMILES string of the molecule is COc1ccc(CCCN)cc1COc1ccc(-c2ccccc2)cc1. The molecule has 3 aromatic carbocycles. The molecule has 0 fully saturated rings. The van der Waals surface area contributed by atoms with Crippen molar-refractivity contribution in [3.63, 3.8) is 0 Å². The van der Waals surface area contributed by atoms with Gasteiger partial charge in [0.1, 0.15) is 18.1 Å². The fourth-order valence-electron chi connectivity index (χ4n) is 2.94. The van der Waals surface area contributed by atoms with Gasteiger partial charge in [-0.1, -0.05) is 48.5 Å². The van der Waals surface area contributed by atoms with Crippen LogP contribution in [0.25, 0.3) is 11.1 Å². The predicted molar refractivity (Wildman–Crippen MR) is 107 cm³/mol. The molecule has 3 heteroatoms. The Morgan fingerprint density at radius 2 is 1.58 bits per heavy atom. The van der Waals surface area contributed by atoms with E-state index in [4.69, 9.17) is 15.2 Å². The first-order valence-electron chi connectivity index (χ1n) is 8.94. The maximum atomic E-state index is 5.98. The summed E-state index contributed by atoms with van der Waals surface area (Å²) in [6.07, 6.45) is 1.95. The highest BCUT2D eigenvalue weighted by Crippen LogP contribution is 2.25. The van der Waals surface area contributed by atoms with Crippen LogP contribution >= 0.6 is 0 Å². The van der Waals surface area contributed by atoms with Crippen LogP contribution in [0.1, 0.15) is 17.5 Å². The summed E-state index contributed by atoms with van der Waals surface area (Å²) >= 11 is 0. The van der Waals surface area contributed by atoms with Crippen LogP contribution in [0.3, 0.4) is 0 Å². The van der Waals surface area contributed by atoms with Crippen molar-refractivity contribution >= 4 is 0 Å². The third-order valence-corrected chi connectivity index (χ3v) is 4.37. The molecule has 0 saturated heterocycles. The van der Waals surface area contributed by atoms with Gasteiger partial charge in [-0.05, 0) is 60.3 Å². The second kappa shape index (κ2) is 9.07. The summed E-state index contributed by atoms with van der Waals surface area (Å²) in [5.41, 5.74) is 10.3. The maximum absolute atomic E-state index is 5.98. The van der Waals surface area contributed by atoms with E-state index in [9.17, 15) is 0 Å². The molecule has 0 aromatic heterocycles. The smallest absolute Gasteiger partial charge is 0.125 e. The number of rotatable bonds is 8. The average Bonchev–Trinajstić information content (AvgIpc) is 2.71. The number of ether oxygens (including phenoxy) is 2. The number of aryl methyl sites for hydroxylation is 1. The fourth-order valence-corrected chi connectivity index (χ4v) is 2.94. The predicted octanol–water partition coefficient (Wildman–Crippen LogP) is 4.83. The Bertz CT molecular complexity index is 813. The Morgan fingerprint density at radius 1 is 0.846 bits per heavy atom. The zero-order valence-electron chi connectivity index (χ0n) is 15.2. The molecule has 0 aliphatic rings. The Kier molecular flexibility index (Phi) is 6.29. The van der Waals surface area contributed by atoms with Gasteiger partial charge >= 0.3 is 0 Å². The Labute approximate surface area is 155 Å². The quantitative estimate of drug-likeness (QED) is 0.634. The van der Waals surface area contributed by atoms with Crippen LogP contribution < -0.4 is 15.2 Å². The second-order valence-corrected chi connectivity index (χ2v) is 6.22. The molecule has 0 spiro atoms. The molecule has 0 bridgehead atoms. The summed E-state index contributed by atoms with van der Waals surface area (Å²) in [6.45, 7) is 1.18. The van der Waals surface area contributed by atoms with Gasteiger partial charge in [-0.2, -0.15) is 0 Å². The maximum Gasteiger partial charge on any atom is 0.125 e. The van der Waals surface area contributed by atoms with E-state index in [1.165, 1.54) is 16.7 Å². The summed E-state index contributed by atoms with van der Waals surface area (Å²) in [5, 5.41) is 0. The van der Waals surface area contributed by atoms with E-state index in [2.05, 4.69) is 36.4 Å². The number of nitrogens with two attached hydrogens (primary N) is 1. The fraction of sp³-hybridized carbons (Fsp3) is 0.217. The van der Waals surface area contributed by atoms with Gasteiger partial charge < -0.3 is 15.2 Å². The minimum absolute atomic E-state index is 0.477. The third kappa shape index (κ3) is 4.64. The zero-order chi connectivity index (χ0) is 18.2. The molecule has 0 radical (unpaired) electrons. The Morgan fingerprint density at radius 3 is 2.27 bits per heavy atom. The number of methoxy groups -OCH3 is 1. The van der Waals surface area contributed by atoms with Crippen molar-refractivity contribution in [1.29, 1.82) is 0 Å². The summed E-state index contributed by atoms with van der Waals surface area (Å²) in [4.78, 5) is 0. The molecule has 134 valence electrons. The van der Waals surface area contributed by atoms with E-state index in [-0.39, 0.29) is 0 Å². The number of hydrogen-bond donors (Lipinski definition) is 1. The van der Waals surface area contributed by atoms with Crippen molar-refractivity contribution in [2.45, 2.75) is 19.4 Å². The Hall–Kier alpha value is -2.78. The van der Waals surface area contributed by atoms with E-state index in [1.54, 1.807) is 7.11 Å². The largest absolute Gasteiger partial charge is 0.496 e. The lowest BCUT2D eigenvalue weighted by Crippen LogP contribution is -2.03. The third-order valence-electron chi connectivity index (χ3n) is 4.37. The highest BCUT2D eigenvalue weighted by atomic mass is 16.5. The van der Waals surface area contributed by atoms with Crippen LogP contribution in [0.15, 0.2) is 72.8 Å². The van der Waals surface area contributed by atoms with Gasteiger partial charge in [0.15, 0.2) is 0 Å². The lowest BCUT2D eigenvalue weighted by atomic mass is 10.1. The van der Waals surface area contributed by atoms with E-state index in [0.29, 0.717) is 13.2 Å². The highest BCUT2D eigenvalue weighted by molar-refractivity contribution is 5.63. The molecule has 2 N–H and O–H groups in total. The van der Waals surface area contributed by atoms with Crippen LogP contribution in [0.5, 0.6) is 11.5 Å². The number of hydrogen-bond acceptors (Lipinski definition) is 3. The van der Waals surface area contributed by atoms with Crippen LogP contribution in [-0.4, -0.2) is 13.7 Å². The lowest BCUT2D eigenvalue weighted by Gasteiger charge is -2.12. The molecule has 0 unspecified atom stereocenters. The van der Waals surface area contributed by atoms with Crippen molar-refractivity contribution in [2.24, 2.45) is 5.73 Å².